The minimum Gasteiger partial charge on any atom is -0.353 e. The van der Waals surface area contributed by atoms with Crippen molar-refractivity contribution in [3.63, 3.8) is 0 Å². The lowest BCUT2D eigenvalue weighted by molar-refractivity contribution is -0.123. The number of amides is 1. The van der Waals surface area contributed by atoms with Crippen LogP contribution in [0.5, 0.6) is 0 Å². The minimum atomic E-state index is -3.08. The first-order valence-corrected chi connectivity index (χ1v) is 9.60. The molecule has 21 heavy (non-hydrogen) atoms. The highest BCUT2D eigenvalue weighted by Gasteiger charge is 2.27. The number of carbonyl (C=O) groups excluding carboxylic acids is 1. The van der Waals surface area contributed by atoms with Gasteiger partial charge in [-0.05, 0) is 51.6 Å². The third-order valence-electron chi connectivity index (χ3n) is 4.45. The summed E-state index contributed by atoms with van der Waals surface area (Å²) in [5.41, 5.74) is 0. The molecule has 0 aromatic carbocycles. The molecule has 0 aromatic heterocycles. The fourth-order valence-electron chi connectivity index (χ4n) is 3.11. The van der Waals surface area contributed by atoms with Crippen molar-refractivity contribution in [3.8, 4) is 0 Å². The summed E-state index contributed by atoms with van der Waals surface area (Å²) in [7, 11) is -3.08. The predicted molar refractivity (Wildman–Crippen MR) is 82.4 cm³/mol. The van der Waals surface area contributed by atoms with E-state index < -0.39 is 10.0 Å². The van der Waals surface area contributed by atoms with Crippen molar-refractivity contribution in [3.05, 3.63) is 0 Å². The summed E-state index contributed by atoms with van der Waals surface area (Å²) < 4.78 is 25.1. The molecule has 0 spiro atoms. The number of hydrogen-bond donors (Lipinski definition) is 2. The molecule has 0 aromatic rings. The molecule has 0 saturated carbocycles. The quantitative estimate of drug-likeness (QED) is 0.765. The summed E-state index contributed by atoms with van der Waals surface area (Å²) in [6.45, 7) is 4.70. The number of nitrogens with zero attached hydrogens (tertiary/aromatic N) is 1. The van der Waals surface area contributed by atoms with E-state index in [2.05, 4.69) is 10.6 Å². The molecule has 122 valence electrons. The van der Waals surface area contributed by atoms with E-state index in [0.717, 1.165) is 25.9 Å². The summed E-state index contributed by atoms with van der Waals surface area (Å²) in [5.74, 6) is 0.707. The second-order valence-electron chi connectivity index (χ2n) is 6.06. The summed E-state index contributed by atoms with van der Waals surface area (Å²) in [5, 5.41) is 6.39. The first kappa shape index (κ1) is 16.7. The van der Waals surface area contributed by atoms with E-state index in [9.17, 15) is 13.2 Å². The lowest BCUT2D eigenvalue weighted by Crippen LogP contribution is -2.47. The molecule has 2 rings (SSSR count). The molecular formula is C14H27N3O3S. The molecule has 2 aliphatic heterocycles. The van der Waals surface area contributed by atoms with Crippen molar-refractivity contribution < 1.29 is 13.2 Å². The van der Waals surface area contributed by atoms with E-state index in [4.69, 9.17) is 0 Å². The Bertz CT molecular complexity index is 438. The smallest absolute Gasteiger partial charge is 0.220 e. The van der Waals surface area contributed by atoms with Crippen LogP contribution in [0.2, 0.25) is 0 Å². The molecular weight excluding hydrogens is 290 g/mol. The van der Waals surface area contributed by atoms with Gasteiger partial charge < -0.3 is 10.6 Å². The molecule has 7 heteroatoms. The SMILES string of the molecule is CCS(=O)(=O)N1CCC(NC(=O)CC2CCCNC2)CC1. The maximum atomic E-state index is 12.0. The Labute approximate surface area is 127 Å². The maximum Gasteiger partial charge on any atom is 0.220 e. The fourth-order valence-corrected chi connectivity index (χ4v) is 4.24. The molecule has 0 bridgehead atoms. The largest absolute Gasteiger partial charge is 0.353 e. The average molecular weight is 317 g/mol. The Morgan fingerprint density at radius 1 is 1.29 bits per heavy atom. The van der Waals surface area contributed by atoms with Gasteiger partial charge in [0.2, 0.25) is 15.9 Å². The first-order chi connectivity index (χ1) is 10.0. The van der Waals surface area contributed by atoms with Crippen molar-refractivity contribution in [1.29, 1.82) is 0 Å². The van der Waals surface area contributed by atoms with Gasteiger partial charge in [-0.2, -0.15) is 0 Å². The van der Waals surface area contributed by atoms with E-state index in [1.165, 1.54) is 0 Å². The lowest BCUT2D eigenvalue weighted by Gasteiger charge is -2.32. The average Bonchev–Trinajstić information content (AvgIpc) is 2.48. The Hall–Kier alpha value is -0.660. The van der Waals surface area contributed by atoms with Crippen LogP contribution in [0, 0.1) is 5.92 Å². The van der Waals surface area contributed by atoms with Gasteiger partial charge in [0.05, 0.1) is 5.75 Å². The van der Waals surface area contributed by atoms with Gasteiger partial charge in [0.1, 0.15) is 0 Å². The van der Waals surface area contributed by atoms with Gasteiger partial charge in [0.25, 0.3) is 0 Å². The Balaban J connectivity index is 1.71. The van der Waals surface area contributed by atoms with Crippen molar-refractivity contribution >= 4 is 15.9 Å². The molecule has 2 aliphatic rings. The van der Waals surface area contributed by atoms with E-state index in [1.807, 2.05) is 0 Å². The van der Waals surface area contributed by atoms with Crippen LogP contribution in [0.4, 0.5) is 0 Å². The zero-order valence-electron chi connectivity index (χ0n) is 12.8. The van der Waals surface area contributed by atoms with Gasteiger partial charge in [-0.3, -0.25) is 4.79 Å². The van der Waals surface area contributed by atoms with Gasteiger partial charge in [0.15, 0.2) is 0 Å². The molecule has 0 radical (unpaired) electrons. The number of piperidine rings is 2. The standard InChI is InChI=1S/C14H27N3O3S/c1-2-21(19,20)17-8-5-13(6-9-17)16-14(18)10-12-4-3-7-15-11-12/h12-13,15H,2-11H2,1H3,(H,16,18). The highest BCUT2D eigenvalue weighted by molar-refractivity contribution is 7.89. The molecule has 1 unspecified atom stereocenters. The molecule has 1 amide bonds. The van der Waals surface area contributed by atoms with Crippen LogP contribution in [0.25, 0.3) is 0 Å². The van der Waals surface area contributed by atoms with Crippen LogP contribution in [0.3, 0.4) is 0 Å². The Kier molecular flexibility index (Phi) is 6.01. The van der Waals surface area contributed by atoms with E-state index in [0.29, 0.717) is 38.3 Å². The van der Waals surface area contributed by atoms with Crippen LogP contribution in [0.1, 0.15) is 39.0 Å². The van der Waals surface area contributed by atoms with Crippen LogP contribution in [-0.2, 0) is 14.8 Å². The second-order valence-corrected chi connectivity index (χ2v) is 8.32. The summed E-state index contributed by atoms with van der Waals surface area (Å²) in [6, 6.07) is 0.123. The first-order valence-electron chi connectivity index (χ1n) is 7.99. The second kappa shape index (κ2) is 7.56. The highest BCUT2D eigenvalue weighted by Crippen LogP contribution is 2.17. The van der Waals surface area contributed by atoms with Gasteiger partial charge >= 0.3 is 0 Å². The van der Waals surface area contributed by atoms with Crippen LogP contribution in [0.15, 0.2) is 0 Å². The third-order valence-corrected chi connectivity index (χ3v) is 6.33. The van der Waals surface area contributed by atoms with Gasteiger partial charge in [-0.25, -0.2) is 12.7 Å². The number of rotatable bonds is 5. The maximum absolute atomic E-state index is 12.0. The normalized spacial score (nSPS) is 25.7. The predicted octanol–water partition coefficient (Wildman–Crippen LogP) is 0.306. The zero-order chi connectivity index (χ0) is 15.3. The van der Waals surface area contributed by atoms with Crippen molar-refractivity contribution in [2.24, 2.45) is 5.92 Å². The van der Waals surface area contributed by atoms with Crippen molar-refractivity contribution in [2.75, 3.05) is 31.9 Å². The van der Waals surface area contributed by atoms with E-state index in [-0.39, 0.29) is 17.7 Å². The zero-order valence-corrected chi connectivity index (χ0v) is 13.6. The van der Waals surface area contributed by atoms with E-state index in [1.54, 1.807) is 11.2 Å². The topological polar surface area (TPSA) is 78.5 Å². The van der Waals surface area contributed by atoms with Crippen LogP contribution < -0.4 is 10.6 Å². The molecule has 2 heterocycles. The molecule has 2 N–H and O–H groups in total. The number of carbonyl (C=O) groups is 1. The molecule has 1 atom stereocenters. The minimum absolute atomic E-state index is 0.112. The number of sulfonamides is 1. The van der Waals surface area contributed by atoms with Gasteiger partial charge in [0, 0.05) is 25.6 Å². The molecule has 2 fully saturated rings. The molecule has 0 aliphatic carbocycles. The number of hydrogen-bond acceptors (Lipinski definition) is 4. The van der Waals surface area contributed by atoms with Crippen LogP contribution in [-0.4, -0.2) is 56.6 Å². The van der Waals surface area contributed by atoms with Gasteiger partial charge in [-0.15, -0.1) is 0 Å². The highest BCUT2D eigenvalue weighted by atomic mass is 32.2. The van der Waals surface area contributed by atoms with Crippen LogP contribution >= 0.6 is 0 Å². The summed E-state index contributed by atoms with van der Waals surface area (Å²) in [6.07, 6.45) is 4.28. The third kappa shape index (κ3) is 4.93. The van der Waals surface area contributed by atoms with Gasteiger partial charge in [-0.1, -0.05) is 0 Å². The van der Waals surface area contributed by atoms with Crippen molar-refractivity contribution in [2.45, 2.75) is 45.1 Å². The monoisotopic (exact) mass is 317 g/mol. The summed E-state index contributed by atoms with van der Waals surface area (Å²) in [4.78, 5) is 12.0. The van der Waals surface area contributed by atoms with E-state index >= 15 is 0 Å². The Morgan fingerprint density at radius 2 is 2.00 bits per heavy atom. The lowest BCUT2D eigenvalue weighted by atomic mass is 9.95. The number of nitrogens with one attached hydrogen (secondary N) is 2. The van der Waals surface area contributed by atoms with Crippen molar-refractivity contribution in [1.82, 2.24) is 14.9 Å². The fraction of sp³-hybridized carbons (Fsp3) is 0.929. The molecule has 2 saturated heterocycles. The Morgan fingerprint density at radius 3 is 2.57 bits per heavy atom. The summed E-state index contributed by atoms with van der Waals surface area (Å²) >= 11 is 0. The molecule has 6 nitrogen and oxygen atoms in total.